The summed E-state index contributed by atoms with van der Waals surface area (Å²) in [7, 11) is 1.28. The van der Waals surface area contributed by atoms with Crippen molar-refractivity contribution in [3.8, 4) is 5.13 Å². The lowest BCUT2D eigenvalue weighted by Gasteiger charge is -2.16. The molecule has 0 aliphatic rings. The molecule has 39 heavy (non-hydrogen) atoms. The van der Waals surface area contributed by atoms with Crippen LogP contribution in [0.4, 0.5) is 0 Å². The first-order valence-corrected chi connectivity index (χ1v) is 13.0. The molecular formula is C29H25N5O4S. The smallest absolute Gasteiger partial charge is 0.311 e. The molecule has 196 valence electrons. The van der Waals surface area contributed by atoms with Crippen LogP contribution in [0.5, 0.6) is 0 Å². The number of rotatable bonds is 8. The molecule has 0 radical (unpaired) electrons. The van der Waals surface area contributed by atoms with Gasteiger partial charge >= 0.3 is 5.97 Å². The van der Waals surface area contributed by atoms with Crippen molar-refractivity contribution in [3.05, 3.63) is 118 Å². The summed E-state index contributed by atoms with van der Waals surface area (Å²) in [6.07, 6.45) is -0.184. The van der Waals surface area contributed by atoms with Gasteiger partial charge in [-0.25, -0.2) is 10.4 Å². The Bertz CT molecular complexity index is 1650. The zero-order valence-electron chi connectivity index (χ0n) is 21.3. The Morgan fingerprint density at radius 2 is 1.62 bits per heavy atom. The summed E-state index contributed by atoms with van der Waals surface area (Å²) in [6.45, 7) is 1.61. The summed E-state index contributed by atoms with van der Waals surface area (Å²) >= 11 is 1.34. The van der Waals surface area contributed by atoms with Crippen molar-refractivity contribution in [2.75, 3.05) is 7.11 Å². The SMILES string of the molecule is COC(=O)Cc1[nH]n(-c2nc3ccccc3s2)c(=O)c1/C(C)=N/NC(=O)C(c1ccccc1)c1ccccc1. The lowest BCUT2D eigenvalue weighted by atomic mass is 9.91. The molecule has 0 bridgehead atoms. The number of esters is 1. The van der Waals surface area contributed by atoms with Crippen LogP contribution in [0.25, 0.3) is 15.3 Å². The molecule has 0 saturated carbocycles. The highest BCUT2D eigenvalue weighted by atomic mass is 32.1. The first kappa shape index (κ1) is 25.8. The molecule has 2 N–H and O–H groups in total. The zero-order chi connectivity index (χ0) is 27.4. The van der Waals surface area contributed by atoms with Crippen molar-refractivity contribution in [2.45, 2.75) is 19.3 Å². The van der Waals surface area contributed by atoms with Crippen molar-refractivity contribution >= 4 is 39.1 Å². The summed E-state index contributed by atoms with van der Waals surface area (Å²) < 4.78 is 7.03. The molecule has 0 aliphatic carbocycles. The Hall–Kier alpha value is -4.83. The molecule has 0 aliphatic heterocycles. The second-order valence-corrected chi connectivity index (χ2v) is 9.76. The van der Waals surface area contributed by atoms with Crippen LogP contribution in [0.2, 0.25) is 0 Å². The number of aromatic nitrogens is 3. The van der Waals surface area contributed by atoms with Gasteiger partial charge in [-0.2, -0.15) is 9.78 Å². The van der Waals surface area contributed by atoms with Gasteiger partial charge in [0.25, 0.3) is 11.5 Å². The minimum absolute atomic E-state index is 0.163. The number of hydrazone groups is 1. The number of benzene rings is 3. The summed E-state index contributed by atoms with van der Waals surface area (Å²) in [5.74, 6) is -1.49. The van der Waals surface area contributed by atoms with E-state index in [0.29, 0.717) is 10.8 Å². The van der Waals surface area contributed by atoms with Gasteiger partial charge in [-0.05, 0) is 30.2 Å². The van der Waals surface area contributed by atoms with E-state index < -0.39 is 17.4 Å². The van der Waals surface area contributed by atoms with Gasteiger partial charge in [0.1, 0.15) is 0 Å². The van der Waals surface area contributed by atoms with Gasteiger partial charge in [0, 0.05) is 0 Å². The highest BCUT2D eigenvalue weighted by Crippen LogP contribution is 2.25. The average Bonchev–Trinajstić information content (AvgIpc) is 3.53. The molecule has 0 saturated heterocycles. The average molecular weight is 540 g/mol. The van der Waals surface area contributed by atoms with E-state index in [2.05, 4.69) is 20.6 Å². The molecule has 0 atom stereocenters. The van der Waals surface area contributed by atoms with Crippen LogP contribution in [-0.4, -0.2) is 39.5 Å². The highest BCUT2D eigenvalue weighted by Gasteiger charge is 2.25. The fourth-order valence-electron chi connectivity index (χ4n) is 4.34. The molecule has 0 fully saturated rings. The predicted octanol–water partition coefficient (Wildman–Crippen LogP) is 4.16. The lowest BCUT2D eigenvalue weighted by Crippen LogP contribution is -2.28. The fraction of sp³-hybridized carbons (Fsp3) is 0.138. The third-order valence-corrected chi connectivity index (χ3v) is 7.23. The number of aromatic amines is 1. The highest BCUT2D eigenvalue weighted by molar-refractivity contribution is 7.20. The first-order chi connectivity index (χ1) is 19.0. The van der Waals surface area contributed by atoms with Crippen molar-refractivity contribution in [1.82, 2.24) is 20.2 Å². The molecule has 3 aromatic carbocycles. The van der Waals surface area contributed by atoms with Gasteiger partial charge in [-0.1, -0.05) is 84.1 Å². The van der Waals surface area contributed by atoms with E-state index in [1.165, 1.54) is 23.1 Å². The minimum atomic E-state index is -0.607. The van der Waals surface area contributed by atoms with Crippen LogP contribution in [-0.2, 0) is 20.7 Å². The third-order valence-electron chi connectivity index (χ3n) is 6.21. The molecule has 0 spiro atoms. The summed E-state index contributed by atoms with van der Waals surface area (Å²) in [4.78, 5) is 43.7. The number of hydrogen-bond acceptors (Lipinski definition) is 7. The molecule has 10 heteroatoms. The van der Waals surface area contributed by atoms with E-state index in [1.54, 1.807) is 6.92 Å². The van der Waals surface area contributed by atoms with Crippen molar-refractivity contribution in [1.29, 1.82) is 0 Å². The Morgan fingerprint density at radius 3 is 2.23 bits per heavy atom. The fourth-order valence-corrected chi connectivity index (χ4v) is 5.26. The van der Waals surface area contributed by atoms with E-state index in [9.17, 15) is 14.4 Å². The number of nitrogens with one attached hydrogen (secondary N) is 2. The van der Waals surface area contributed by atoms with Gasteiger partial charge in [0.2, 0.25) is 5.13 Å². The topological polar surface area (TPSA) is 118 Å². The number of nitrogens with zero attached hydrogens (tertiary/aromatic N) is 3. The van der Waals surface area contributed by atoms with Crippen LogP contribution in [0.1, 0.15) is 35.2 Å². The van der Waals surface area contributed by atoms with Crippen LogP contribution < -0.4 is 11.0 Å². The number of ether oxygens (including phenoxy) is 1. The van der Waals surface area contributed by atoms with E-state index >= 15 is 0 Å². The Balaban J connectivity index is 1.50. The molecule has 5 aromatic rings. The standard InChI is InChI=1S/C29H25N5O4S/c1-18(31-32-27(36)26(19-11-5-3-6-12-19)20-13-7-4-8-14-20)25-22(17-24(35)38-2)33-34(28(25)37)29-30-21-15-9-10-16-23(21)39-29/h3-16,26,33H,17H2,1-2H3,(H,32,36)/b31-18+. The van der Waals surface area contributed by atoms with Gasteiger partial charge in [-0.3, -0.25) is 19.5 Å². The number of amides is 1. The quantitative estimate of drug-likeness (QED) is 0.174. The largest absolute Gasteiger partial charge is 0.469 e. The first-order valence-electron chi connectivity index (χ1n) is 12.2. The second-order valence-electron chi connectivity index (χ2n) is 8.75. The number of thiazole rings is 1. The van der Waals surface area contributed by atoms with E-state index in [0.717, 1.165) is 21.3 Å². The van der Waals surface area contributed by atoms with Crippen molar-refractivity contribution in [3.63, 3.8) is 0 Å². The van der Waals surface area contributed by atoms with Crippen LogP contribution in [0.15, 0.2) is 94.8 Å². The number of para-hydroxylation sites is 1. The number of methoxy groups -OCH3 is 1. The monoisotopic (exact) mass is 539 g/mol. The maximum Gasteiger partial charge on any atom is 0.311 e. The lowest BCUT2D eigenvalue weighted by molar-refractivity contribution is -0.139. The van der Waals surface area contributed by atoms with E-state index in [4.69, 9.17) is 4.74 Å². The molecule has 9 nitrogen and oxygen atoms in total. The Morgan fingerprint density at radius 1 is 1.00 bits per heavy atom. The molecule has 1 amide bonds. The summed E-state index contributed by atoms with van der Waals surface area (Å²) in [6, 6.07) is 26.3. The molecule has 5 rings (SSSR count). The van der Waals surface area contributed by atoms with Crippen LogP contribution >= 0.6 is 11.3 Å². The second kappa shape index (κ2) is 11.3. The molecule has 0 unspecified atom stereocenters. The van der Waals surface area contributed by atoms with Crippen LogP contribution in [0, 0.1) is 0 Å². The third kappa shape index (κ3) is 5.41. The maximum atomic E-state index is 13.6. The van der Waals surface area contributed by atoms with Crippen molar-refractivity contribution < 1.29 is 14.3 Å². The molecule has 2 heterocycles. The minimum Gasteiger partial charge on any atom is -0.469 e. The number of H-pyrrole nitrogens is 1. The maximum absolute atomic E-state index is 13.6. The predicted molar refractivity (Wildman–Crippen MR) is 150 cm³/mol. The number of carbonyl (C=O) groups is 2. The molecule has 2 aromatic heterocycles. The van der Waals surface area contributed by atoms with Gasteiger partial charge in [0.15, 0.2) is 0 Å². The van der Waals surface area contributed by atoms with Gasteiger partial charge in [0.05, 0.1) is 46.6 Å². The summed E-state index contributed by atoms with van der Waals surface area (Å²) in [5, 5.41) is 7.70. The van der Waals surface area contributed by atoms with Gasteiger partial charge < -0.3 is 4.74 Å². The normalized spacial score (nSPS) is 11.6. The Kier molecular flexibility index (Phi) is 7.46. The number of fused-ring (bicyclic) bond motifs is 1. The zero-order valence-corrected chi connectivity index (χ0v) is 22.1. The number of carbonyl (C=O) groups excluding carboxylic acids is 2. The summed E-state index contributed by atoms with van der Waals surface area (Å²) in [5.41, 5.74) is 5.26. The van der Waals surface area contributed by atoms with Crippen molar-refractivity contribution in [2.24, 2.45) is 5.10 Å². The molecular weight excluding hydrogens is 514 g/mol. The van der Waals surface area contributed by atoms with E-state index in [1.807, 2.05) is 84.9 Å². The number of hydrogen-bond donors (Lipinski definition) is 2. The van der Waals surface area contributed by atoms with E-state index in [-0.39, 0.29) is 23.6 Å². The van der Waals surface area contributed by atoms with Crippen LogP contribution in [0.3, 0.4) is 0 Å². The van der Waals surface area contributed by atoms with Gasteiger partial charge in [-0.15, -0.1) is 0 Å². The Labute approximate surface area is 227 Å².